The highest BCUT2D eigenvalue weighted by atomic mass is 32.2. The molecule has 0 spiro atoms. The summed E-state index contributed by atoms with van der Waals surface area (Å²) in [5.74, 6) is -0.661. The van der Waals surface area contributed by atoms with E-state index in [1.54, 1.807) is 18.2 Å². The fraction of sp³-hybridized carbons (Fsp3) is 0.238. The van der Waals surface area contributed by atoms with Gasteiger partial charge in [0.1, 0.15) is 5.82 Å². The number of thioether (sulfide) groups is 1. The van der Waals surface area contributed by atoms with Crippen LogP contribution in [0.3, 0.4) is 0 Å². The number of benzene rings is 2. The number of carbonyl (C=O) groups excluding carboxylic acids is 2. The van der Waals surface area contributed by atoms with Gasteiger partial charge in [-0.3, -0.25) is 14.5 Å². The summed E-state index contributed by atoms with van der Waals surface area (Å²) in [4.78, 5) is 26.3. The van der Waals surface area contributed by atoms with Crippen molar-refractivity contribution in [2.75, 3.05) is 0 Å². The van der Waals surface area contributed by atoms with Crippen molar-refractivity contribution in [2.24, 2.45) is 0 Å². The fourth-order valence-electron chi connectivity index (χ4n) is 2.64. The zero-order valence-corrected chi connectivity index (χ0v) is 15.8. The molecule has 5 heteroatoms. The maximum Gasteiger partial charge on any atom is 0.293 e. The van der Waals surface area contributed by atoms with Crippen LogP contribution < -0.4 is 0 Å². The van der Waals surface area contributed by atoms with Crippen LogP contribution in [-0.4, -0.2) is 16.0 Å². The molecule has 0 aromatic heterocycles. The second-order valence-corrected chi connectivity index (χ2v) is 8.26. The van der Waals surface area contributed by atoms with E-state index < -0.39 is 0 Å². The SMILES string of the molecule is CC(C)(C)c1ccc(/C=C2\SC(=O)N(Cc3ccc(F)cc3)C2=O)cc1. The molecule has 0 unspecified atom stereocenters. The Morgan fingerprint density at radius 2 is 1.62 bits per heavy atom. The minimum atomic E-state index is -0.346. The first-order valence-electron chi connectivity index (χ1n) is 8.34. The molecule has 0 saturated carbocycles. The number of amides is 2. The van der Waals surface area contributed by atoms with Crippen LogP contribution in [0.4, 0.5) is 9.18 Å². The van der Waals surface area contributed by atoms with E-state index in [1.165, 1.54) is 22.6 Å². The van der Waals surface area contributed by atoms with Crippen LogP contribution in [-0.2, 0) is 16.8 Å². The van der Waals surface area contributed by atoms with Crippen molar-refractivity contribution >= 4 is 29.0 Å². The first kappa shape index (κ1) is 18.4. The van der Waals surface area contributed by atoms with Gasteiger partial charge in [0.05, 0.1) is 11.4 Å². The van der Waals surface area contributed by atoms with E-state index in [1.807, 2.05) is 24.3 Å². The van der Waals surface area contributed by atoms with E-state index >= 15 is 0 Å². The van der Waals surface area contributed by atoms with Crippen molar-refractivity contribution in [1.82, 2.24) is 4.90 Å². The molecule has 2 amide bonds. The molecule has 1 heterocycles. The number of carbonyl (C=O) groups is 2. The Kier molecular flexibility index (Phi) is 5.01. The predicted octanol–water partition coefficient (Wildman–Crippen LogP) is 5.36. The summed E-state index contributed by atoms with van der Waals surface area (Å²) in [5.41, 5.74) is 2.86. The molecule has 1 fully saturated rings. The zero-order valence-electron chi connectivity index (χ0n) is 15.0. The van der Waals surface area contributed by atoms with Crippen molar-refractivity contribution in [2.45, 2.75) is 32.7 Å². The summed E-state index contributed by atoms with van der Waals surface area (Å²) in [6.45, 7) is 6.57. The summed E-state index contributed by atoms with van der Waals surface area (Å²) in [6.07, 6.45) is 1.74. The normalized spacial score (nSPS) is 16.6. The smallest absolute Gasteiger partial charge is 0.268 e. The third kappa shape index (κ3) is 4.05. The van der Waals surface area contributed by atoms with Gasteiger partial charge in [-0.05, 0) is 52.1 Å². The maximum atomic E-state index is 13.0. The topological polar surface area (TPSA) is 37.4 Å². The lowest BCUT2D eigenvalue weighted by molar-refractivity contribution is -0.123. The van der Waals surface area contributed by atoms with Crippen LogP contribution in [0.1, 0.15) is 37.5 Å². The molecule has 2 aromatic carbocycles. The summed E-state index contributed by atoms with van der Waals surface area (Å²) in [7, 11) is 0. The molecule has 0 atom stereocenters. The second-order valence-electron chi connectivity index (χ2n) is 7.27. The van der Waals surface area contributed by atoms with Gasteiger partial charge in [0.15, 0.2) is 0 Å². The molecule has 0 N–H and O–H groups in total. The molecule has 1 aliphatic heterocycles. The third-order valence-corrected chi connectivity index (χ3v) is 5.11. The average molecular weight is 369 g/mol. The number of hydrogen-bond acceptors (Lipinski definition) is 3. The van der Waals surface area contributed by atoms with Gasteiger partial charge in [-0.15, -0.1) is 0 Å². The molecule has 3 nitrogen and oxygen atoms in total. The fourth-order valence-corrected chi connectivity index (χ4v) is 3.48. The van der Waals surface area contributed by atoms with E-state index in [2.05, 4.69) is 20.8 Å². The van der Waals surface area contributed by atoms with Gasteiger partial charge in [0.25, 0.3) is 11.1 Å². The van der Waals surface area contributed by atoms with Crippen LogP contribution in [0.5, 0.6) is 0 Å². The average Bonchev–Trinajstić information content (AvgIpc) is 2.84. The number of imide groups is 1. The summed E-state index contributed by atoms with van der Waals surface area (Å²) >= 11 is 0.933. The lowest BCUT2D eigenvalue weighted by atomic mass is 9.87. The molecule has 2 aromatic rings. The third-order valence-electron chi connectivity index (χ3n) is 4.20. The molecule has 0 bridgehead atoms. The Balaban J connectivity index is 1.77. The lowest BCUT2D eigenvalue weighted by Crippen LogP contribution is -2.27. The molecular formula is C21H20FNO2S. The van der Waals surface area contributed by atoms with E-state index in [0.29, 0.717) is 10.5 Å². The highest BCUT2D eigenvalue weighted by Gasteiger charge is 2.34. The Labute approximate surface area is 156 Å². The van der Waals surface area contributed by atoms with Crippen LogP contribution >= 0.6 is 11.8 Å². The molecule has 0 radical (unpaired) electrons. The Hall–Kier alpha value is -2.40. The number of nitrogens with zero attached hydrogens (tertiary/aromatic N) is 1. The molecule has 134 valence electrons. The second kappa shape index (κ2) is 7.08. The van der Waals surface area contributed by atoms with Crippen LogP contribution in [0.2, 0.25) is 0 Å². The molecule has 0 aliphatic carbocycles. The lowest BCUT2D eigenvalue weighted by Gasteiger charge is -2.18. The predicted molar refractivity (Wildman–Crippen MR) is 103 cm³/mol. The van der Waals surface area contributed by atoms with Crippen LogP contribution in [0.25, 0.3) is 6.08 Å². The van der Waals surface area contributed by atoms with Gasteiger partial charge < -0.3 is 0 Å². The molecule has 26 heavy (non-hydrogen) atoms. The largest absolute Gasteiger partial charge is 0.293 e. The Morgan fingerprint density at radius 1 is 1.00 bits per heavy atom. The van der Waals surface area contributed by atoms with E-state index in [0.717, 1.165) is 17.3 Å². The van der Waals surface area contributed by atoms with Gasteiger partial charge >= 0.3 is 0 Å². The first-order valence-corrected chi connectivity index (χ1v) is 9.16. The Morgan fingerprint density at radius 3 is 2.19 bits per heavy atom. The number of hydrogen-bond donors (Lipinski definition) is 0. The van der Waals surface area contributed by atoms with Crippen molar-refractivity contribution in [1.29, 1.82) is 0 Å². The van der Waals surface area contributed by atoms with Crippen molar-refractivity contribution < 1.29 is 14.0 Å². The van der Waals surface area contributed by atoms with E-state index in [4.69, 9.17) is 0 Å². The highest BCUT2D eigenvalue weighted by Crippen LogP contribution is 2.33. The summed E-state index contributed by atoms with van der Waals surface area (Å²) in [6, 6.07) is 13.8. The van der Waals surface area contributed by atoms with E-state index in [-0.39, 0.29) is 28.9 Å². The Bertz CT molecular complexity index is 864. The monoisotopic (exact) mass is 369 g/mol. The minimum absolute atomic E-state index is 0.0610. The van der Waals surface area contributed by atoms with Crippen LogP contribution in [0, 0.1) is 5.82 Å². The van der Waals surface area contributed by atoms with Gasteiger partial charge in [-0.25, -0.2) is 4.39 Å². The summed E-state index contributed by atoms with van der Waals surface area (Å²) < 4.78 is 13.0. The standard InChI is InChI=1S/C21H20FNO2S/c1-21(2,3)16-8-4-14(5-9-16)12-18-19(24)23(20(25)26-18)13-15-6-10-17(22)11-7-15/h4-12H,13H2,1-3H3/b18-12-. The molecule has 1 aliphatic rings. The van der Waals surface area contributed by atoms with Gasteiger partial charge in [0, 0.05) is 0 Å². The number of rotatable bonds is 3. The minimum Gasteiger partial charge on any atom is -0.268 e. The maximum absolute atomic E-state index is 13.0. The molecular weight excluding hydrogens is 349 g/mol. The molecule has 1 saturated heterocycles. The number of halogens is 1. The van der Waals surface area contributed by atoms with Gasteiger partial charge in [0.2, 0.25) is 0 Å². The highest BCUT2D eigenvalue weighted by molar-refractivity contribution is 8.18. The zero-order chi connectivity index (χ0) is 18.9. The van der Waals surface area contributed by atoms with Gasteiger partial charge in [-0.2, -0.15) is 0 Å². The van der Waals surface area contributed by atoms with Gasteiger partial charge in [-0.1, -0.05) is 57.2 Å². The quantitative estimate of drug-likeness (QED) is 0.684. The van der Waals surface area contributed by atoms with Crippen molar-refractivity contribution in [3.8, 4) is 0 Å². The summed E-state index contributed by atoms with van der Waals surface area (Å²) in [5, 5.41) is -0.308. The van der Waals surface area contributed by atoms with E-state index in [9.17, 15) is 14.0 Å². The van der Waals surface area contributed by atoms with Crippen molar-refractivity contribution in [3.63, 3.8) is 0 Å². The van der Waals surface area contributed by atoms with Crippen LogP contribution in [0.15, 0.2) is 53.4 Å². The molecule has 3 rings (SSSR count). The van der Waals surface area contributed by atoms with Crippen molar-refractivity contribution in [3.05, 3.63) is 75.9 Å². The first-order chi connectivity index (χ1) is 12.2.